The topological polar surface area (TPSA) is 54.8 Å². The van der Waals surface area contributed by atoms with Gasteiger partial charge in [0.25, 0.3) is 0 Å². The Morgan fingerprint density at radius 3 is 2.56 bits per heavy atom. The first kappa shape index (κ1) is 28.3. The lowest BCUT2D eigenvalue weighted by molar-refractivity contribution is -0.143. The van der Waals surface area contributed by atoms with Gasteiger partial charge in [-0.2, -0.15) is 0 Å². The van der Waals surface area contributed by atoms with Crippen molar-refractivity contribution in [3.05, 3.63) is 58.9 Å². The van der Waals surface area contributed by atoms with Crippen molar-refractivity contribution in [1.29, 1.82) is 0 Å². The van der Waals surface area contributed by atoms with Crippen LogP contribution in [0.3, 0.4) is 0 Å². The van der Waals surface area contributed by atoms with Crippen LogP contribution in [-0.4, -0.2) is 59.0 Å². The molecule has 1 aliphatic rings. The van der Waals surface area contributed by atoms with Crippen molar-refractivity contribution in [3.63, 3.8) is 0 Å². The summed E-state index contributed by atoms with van der Waals surface area (Å²) in [5.74, 6) is 0.0619. The number of carbonyl (C=O) groups is 2. The van der Waals surface area contributed by atoms with E-state index >= 15 is 0 Å². The van der Waals surface area contributed by atoms with Crippen LogP contribution in [0.1, 0.15) is 76.0 Å². The molecule has 0 saturated heterocycles. The second kappa shape index (κ2) is 15.1. The zero-order valence-corrected chi connectivity index (χ0v) is 22.7. The molecule has 1 fully saturated rings. The first-order valence-electron chi connectivity index (χ1n) is 13.5. The van der Waals surface area contributed by atoms with Crippen molar-refractivity contribution in [2.75, 3.05) is 26.8 Å². The number of ether oxygens (including phenoxy) is 1. The summed E-state index contributed by atoms with van der Waals surface area (Å²) in [6.07, 6.45) is 11.0. The Morgan fingerprint density at radius 2 is 1.83 bits per heavy atom. The summed E-state index contributed by atoms with van der Waals surface area (Å²) in [5.41, 5.74) is 2.13. The standard InChI is InChI=1S/C29H42ClN3O3/c1-3-4-6-17-28(34)32(19-20-36-2)23-29(35)33(25-13-7-5-8-14-25)22-26-15-11-18-31(26)21-24-12-9-10-16-27(24)30/h9-12,15-16,18,25H,3-8,13-14,17,19-23H2,1-2H3. The summed E-state index contributed by atoms with van der Waals surface area (Å²) in [6, 6.07) is 12.2. The zero-order chi connectivity index (χ0) is 25.8. The fourth-order valence-electron chi connectivity index (χ4n) is 4.98. The average Bonchev–Trinajstić information content (AvgIpc) is 3.33. The number of carbonyl (C=O) groups excluding carboxylic acids is 2. The van der Waals surface area contributed by atoms with Crippen molar-refractivity contribution in [2.24, 2.45) is 0 Å². The van der Waals surface area contributed by atoms with E-state index in [1.54, 1.807) is 12.0 Å². The van der Waals surface area contributed by atoms with Crippen LogP contribution in [-0.2, 0) is 27.4 Å². The molecule has 1 aromatic heterocycles. The minimum atomic E-state index is 0.0207. The predicted octanol–water partition coefficient (Wildman–Crippen LogP) is 5.91. The minimum Gasteiger partial charge on any atom is -0.383 e. The number of aromatic nitrogens is 1. The van der Waals surface area contributed by atoms with Gasteiger partial charge in [0, 0.05) is 49.6 Å². The number of nitrogens with zero attached hydrogens (tertiary/aromatic N) is 3. The summed E-state index contributed by atoms with van der Waals surface area (Å²) in [7, 11) is 1.63. The molecule has 0 aliphatic heterocycles. The Hall–Kier alpha value is -2.31. The number of methoxy groups -OCH3 is 1. The largest absolute Gasteiger partial charge is 0.383 e. The zero-order valence-electron chi connectivity index (χ0n) is 22.0. The van der Waals surface area contributed by atoms with E-state index < -0.39 is 0 Å². The van der Waals surface area contributed by atoms with Crippen molar-refractivity contribution < 1.29 is 14.3 Å². The molecule has 2 amide bonds. The third-order valence-corrected chi connectivity index (χ3v) is 7.50. The van der Waals surface area contributed by atoms with Gasteiger partial charge < -0.3 is 19.1 Å². The number of amides is 2. The van der Waals surface area contributed by atoms with Crippen LogP contribution in [0.4, 0.5) is 0 Å². The van der Waals surface area contributed by atoms with Crippen molar-refractivity contribution in [1.82, 2.24) is 14.4 Å². The molecule has 0 N–H and O–H groups in total. The Morgan fingerprint density at radius 1 is 1.06 bits per heavy atom. The van der Waals surface area contributed by atoms with Gasteiger partial charge >= 0.3 is 0 Å². The summed E-state index contributed by atoms with van der Waals surface area (Å²) in [4.78, 5) is 30.4. The molecule has 0 bridgehead atoms. The lowest BCUT2D eigenvalue weighted by atomic mass is 9.94. The lowest BCUT2D eigenvalue weighted by Gasteiger charge is -2.36. The first-order chi connectivity index (χ1) is 17.5. The normalized spacial score (nSPS) is 14.1. The highest BCUT2D eigenvalue weighted by Crippen LogP contribution is 2.25. The molecule has 198 valence electrons. The van der Waals surface area contributed by atoms with Gasteiger partial charge in [-0.1, -0.05) is 68.8 Å². The molecule has 3 rings (SSSR count). The average molecular weight is 516 g/mol. The monoisotopic (exact) mass is 515 g/mol. The van der Waals surface area contributed by atoms with Gasteiger partial charge in [-0.05, 0) is 43.0 Å². The quantitative estimate of drug-likeness (QED) is 0.294. The third-order valence-electron chi connectivity index (χ3n) is 7.13. The van der Waals surface area contributed by atoms with Gasteiger partial charge in [0.05, 0.1) is 19.7 Å². The fourth-order valence-corrected chi connectivity index (χ4v) is 5.17. The van der Waals surface area contributed by atoms with Gasteiger partial charge in [-0.15, -0.1) is 0 Å². The molecule has 0 radical (unpaired) electrons. The maximum atomic E-state index is 13.8. The summed E-state index contributed by atoms with van der Waals surface area (Å²) >= 11 is 6.42. The van der Waals surface area contributed by atoms with Crippen LogP contribution in [0, 0.1) is 0 Å². The molecule has 1 aromatic carbocycles. The van der Waals surface area contributed by atoms with E-state index in [4.69, 9.17) is 16.3 Å². The molecule has 6 nitrogen and oxygen atoms in total. The summed E-state index contributed by atoms with van der Waals surface area (Å²) in [5, 5.41) is 0.743. The van der Waals surface area contributed by atoms with Crippen LogP contribution in [0.5, 0.6) is 0 Å². The van der Waals surface area contributed by atoms with Gasteiger partial charge in [-0.3, -0.25) is 9.59 Å². The van der Waals surface area contributed by atoms with E-state index in [0.717, 1.165) is 61.2 Å². The fraction of sp³-hybridized carbons (Fsp3) is 0.586. The van der Waals surface area contributed by atoms with Crippen molar-refractivity contribution >= 4 is 23.4 Å². The molecule has 0 unspecified atom stereocenters. The number of benzene rings is 1. The number of halogens is 1. The van der Waals surface area contributed by atoms with Gasteiger partial charge in [0.2, 0.25) is 11.8 Å². The lowest BCUT2D eigenvalue weighted by Crippen LogP contribution is -2.48. The molecule has 1 saturated carbocycles. The Kier molecular flexibility index (Phi) is 11.8. The first-order valence-corrected chi connectivity index (χ1v) is 13.8. The molecule has 0 spiro atoms. The van der Waals surface area contributed by atoms with E-state index in [1.807, 2.05) is 41.4 Å². The highest BCUT2D eigenvalue weighted by molar-refractivity contribution is 6.31. The van der Waals surface area contributed by atoms with Gasteiger partial charge in [0.15, 0.2) is 0 Å². The molecule has 7 heteroatoms. The number of rotatable bonds is 14. The summed E-state index contributed by atoms with van der Waals surface area (Å²) < 4.78 is 7.41. The van der Waals surface area contributed by atoms with E-state index in [2.05, 4.69) is 17.6 Å². The molecule has 1 aliphatic carbocycles. The van der Waals surface area contributed by atoms with Crippen LogP contribution in [0.2, 0.25) is 5.02 Å². The van der Waals surface area contributed by atoms with E-state index in [9.17, 15) is 9.59 Å². The second-order valence-corrected chi connectivity index (χ2v) is 10.2. The maximum absolute atomic E-state index is 13.8. The molecular formula is C29H42ClN3O3. The highest BCUT2D eigenvalue weighted by atomic mass is 35.5. The minimum absolute atomic E-state index is 0.0207. The van der Waals surface area contributed by atoms with Crippen LogP contribution >= 0.6 is 11.6 Å². The van der Waals surface area contributed by atoms with Crippen LogP contribution in [0.15, 0.2) is 42.6 Å². The Labute approximate surface area is 221 Å². The predicted molar refractivity (Wildman–Crippen MR) is 145 cm³/mol. The molecule has 36 heavy (non-hydrogen) atoms. The molecule has 0 atom stereocenters. The number of unbranched alkanes of at least 4 members (excludes halogenated alkanes) is 2. The third kappa shape index (κ3) is 8.38. The second-order valence-electron chi connectivity index (χ2n) is 9.80. The summed E-state index contributed by atoms with van der Waals surface area (Å²) in [6.45, 7) is 4.29. The van der Waals surface area contributed by atoms with Gasteiger partial charge in [-0.25, -0.2) is 0 Å². The molecule has 1 heterocycles. The maximum Gasteiger partial charge on any atom is 0.242 e. The number of hydrogen-bond acceptors (Lipinski definition) is 3. The van der Waals surface area contributed by atoms with Gasteiger partial charge in [0.1, 0.15) is 0 Å². The molecule has 2 aromatic rings. The van der Waals surface area contributed by atoms with E-state index in [1.165, 1.54) is 6.42 Å². The Bertz CT molecular complexity index is 955. The van der Waals surface area contributed by atoms with Crippen molar-refractivity contribution in [3.8, 4) is 0 Å². The number of hydrogen-bond donors (Lipinski definition) is 0. The smallest absolute Gasteiger partial charge is 0.242 e. The molecular weight excluding hydrogens is 474 g/mol. The SMILES string of the molecule is CCCCCC(=O)N(CCOC)CC(=O)N(Cc1cccn1Cc1ccccc1Cl)C1CCCCC1. The van der Waals surface area contributed by atoms with Crippen molar-refractivity contribution in [2.45, 2.75) is 83.8 Å². The highest BCUT2D eigenvalue weighted by Gasteiger charge is 2.28. The van der Waals surface area contributed by atoms with Crippen LogP contribution < -0.4 is 0 Å². The Balaban J connectivity index is 1.76. The van der Waals surface area contributed by atoms with Crippen LogP contribution in [0.25, 0.3) is 0 Å². The van der Waals surface area contributed by atoms with E-state index in [-0.39, 0.29) is 24.4 Å². The van der Waals surface area contributed by atoms with E-state index in [0.29, 0.717) is 32.7 Å².